The molecule has 1 saturated carbocycles. The number of fused-ring (bicyclic) bond motifs is 1. The van der Waals surface area contributed by atoms with E-state index in [0.29, 0.717) is 17.0 Å². The zero-order valence-corrected chi connectivity index (χ0v) is 13.4. The number of benzene rings is 2. The second-order valence-electron chi connectivity index (χ2n) is 7.27. The lowest BCUT2D eigenvalue weighted by Gasteiger charge is -2.54. The van der Waals surface area contributed by atoms with Gasteiger partial charge >= 0.3 is 0 Å². The van der Waals surface area contributed by atoms with Gasteiger partial charge in [0.1, 0.15) is 5.75 Å². The van der Waals surface area contributed by atoms with E-state index in [1.54, 1.807) is 6.07 Å². The molecule has 0 amide bonds. The fourth-order valence-corrected chi connectivity index (χ4v) is 4.12. The Labute approximate surface area is 140 Å². The van der Waals surface area contributed by atoms with Gasteiger partial charge in [-0.1, -0.05) is 24.3 Å². The van der Waals surface area contributed by atoms with E-state index in [2.05, 4.69) is 33.7 Å². The fourth-order valence-electron chi connectivity index (χ4n) is 4.12. The molecule has 2 fully saturated rings. The van der Waals surface area contributed by atoms with Crippen LogP contribution < -0.4 is 5.32 Å². The van der Waals surface area contributed by atoms with Crippen LogP contribution in [0.1, 0.15) is 24.3 Å². The van der Waals surface area contributed by atoms with Crippen LogP contribution in [0.4, 0.5) is 0 Å². The zero-order chi connectivity index (χ0) is 16.1. The molecule has 2 heterocycles. The molecule has 2 N–H and O–H groups in total. The summed E-state index contributed by atoms with van der Waals surface area (Å²) in [4.78, 5) is 0. The topological polar surface area (TPSA) is 58.0 Å². The molecule has 0 atom stereocenters. The number of nitrogens with one attached hydrogen (secondary N) is 1. The highest BCUT2D eigenvalue weighted by molar-refractivity contribution is 5.83. The van der Waals surface area contributed by atoms with Crippen LogP contribution in [0, 0.1) is 5.41 Å². The highest BCUT2D eigenvalue weighted by Gasteiger charge is 2.48. The van der Waals surface area contributed by atoms with Crippen LogP contribution in [0.2, 0.25) is 0 Å². The molecule has 0 bridgehead atoms. The Morgan fingerprint density at radius 3 is 2.58 bits per heavy atom. The first-order valence-corrected chi connectivity index (χ1v) is 8.49. The van der Waals surface area contributed by atoms with E-state index in [-0.39, 0.29) is 5.75 Å². The first-order valence-electron chi connectivity index (χ1n) is 8.49. The van der Waals surface area contributed by atoms with Crippen LogP contribution >= 0.6 is 0 Å². The Hall–Kier alpha value is -2.46. The molecule has 1 saturated heterocycles. The van der Waals surface area contributed by atoms with E-state index in [9.17, 15) is 5.11 Å². The van der Waals surface area contributed by atoms with Crippen LogP contribution in [0.5, 0.6) is 5.75 Å². The van der Waals surface area contributed by atoms with Crippen molar-refractivity contribution in [1.82, 2.24) is 15.5 Å². The molecule has 2 aromatic carbocycles. The Balaban J connectivity index is 1.47. The molecule has 1 aliphatic heterocycles. The molecule has 4 heteroatoms. The van der Waals surface area contributed by atoms with Crippen molar-refractivity contribution in [3.8, 4) is 17.0 Å². The Morgan fingerprint density at radius 2 is 1.83 bits per heavy atom. The van der Waals surface area contributed by atoms with Crippen molar-refractivity contribution in [2.45, 2.75) is 18.8 Å². The van der Waals surface area contributed by atoms with Crippen LogP contribution in [0.15, 0.2) is 48.5 Å². The van der Waals surface area contributed by atoms with E-state index < -0.39 is 0 Å². The number of nitrogens with zero attached hydrogens (tertiary/aromatic N) is 2. The van der Waals surface area contributed by atoms with Gasteiger partial charge in [0.2, 0.25) is 0 Å². The van der Waals surface area contributed by atoms with Crippen molar-refractivity contribution < 1.29 is 5.11 Å². The van der Waals surface area contributed by atoms with Crippen molar-refractivity contribution in [3.63, 3.8) is 0 Å². The number of phenolic OH excluding ortho intramolecular Hbond substituents is 1. The lowest BCUT2D eigenvalue weighted by Crippen LogP contribution is -2.59. The Bertz CT molecular complexity index is 925. The van der Waals surface area contributed by atoms with Gasteiger partial charge in [-0.2, -0.15) is 0 Å². The first-order chi connectivity index (χ1) is 11.7. The lowest BCUT2D eigenvalue weighted by molar-refractivity contribution is 0.0363. The summed E-state index contributed by atoms with van der Waals surface area (Å²) in [5.41, 5.74) is 4.31. The van der Waals surface area contributed by atoms with Crippen LogP contribution in [-0.4, -0.2) is 28.4 Å². The SMILES string of the molecule is Oc1ccccc1-c1cc2ccc(C3CC4(CNC4)C3)cc2nn1. The highest BCUT2D eigenvalue weighted by atomic mass is 16.3. The van der Waals surface area contributed by atoms with Gasteiger partial charge in [0.25, 0.3) is 0 Å². The molecule has 24 heavy (non-hydrogen) atoms. The fraction of sp³-hybridized carbons (Fsp3) is 0.300. The molecule has 0 unspecified atom stereocenters. The third-order valence-corrected chi connectivity index (χ3v) is 5.62. The molecule has 2 aliphatic rings. The third kappa shape index (κ3) is 2.10. The maximum Gasteiger partial charge on any atom is 0.125 e. The molecule has 1 aromatic heterocycles. The molecule has 1 spiro atoms. The van der Waals surface area contributed by atoms with Crippen LogP contribution in [0.25, 0.3) is 22.2 Å². The predicted molar refractivity (Wildman–Crippen MR) is 93.9 cm³/mol. The summed E-state index contributed by atoms with van der Waals surface area (Å²) in [6.45, 7) is 2.36. The van der Waals surface area contributed by atoms with E-state index >= 15 is 0 Å². The van der Waals surface area contributed by atoms with Crippen molar-refractivity contribution >= 4 is 10.9 Å². The number of rotatable bonds is 2. The average molecular weight is 317 g/mol. The standard InChI is InChI=1S/C20H19N3O/c24-19-4-2-1-3-16(19)18-8-14-6-5-13(7-17(14)22-23-18)15-9-20(10-15)11-21-12-20/h1-8,15,21,24H,9-12H2. The number of hydrogen-bond acceptors (Lipinski definition) is 4. The summed E-state index contributed by atoms with van der Waals surface area (Å²) < 4.78 is 0. The smallest absolute Gasteiger partial charge is 0.125 e. The monoisotopic (exact) mass is 317 g/mol. The number of hydrogen-bond donors (Lipinski definition) is 2. The van der Waals surface area contributed by atoms with Gasteiger partial charge in [-0.15, -0.1) is 10.2 Å². The maximum atomic E-state index is 10.00. The maximum absolute atomic E-state index is 10.00. The minimum absolute atomic E-state index is 0.233. The van der Waals surface area contributed by atoms with E-state index in [0.717, 1.165) is 16.5 Å². The molecule has 5 rings (SSSR count). The quantitative estimate of drug-likeness (QED) is 0.760. The van der Waals surface area contributed by atoms with E-state index in [1.807, 2.05) is 24.3 Å². The normalized spacial score (nSPS) is 19.2. The predicted octanol–water partition coefficient (Wildman–Crippen LogP) is 3.47. The third-order valence-electron chi connectivity index (χ3n) is 5.62. The summed E-state index contributed by atoms with van der Waals surface area (Å²) in [5.74, 6) is 0.896. The molecular weight excluding hydrogens is 298 g/mol. The summed E-state index contributed by atoms with van der Waals surface area (Å²) >= 11 is 0. The second-order valence-corrected chi connectivity index (χ2v) is 7.27. The van der Waals surface area contributed by atoms with Gasteiger partial charge in [0, 0.05) is 24.0 Å². The minimum Gasteiger partial charge on any atom is -0.507 e. The average Bonchev–Trinajstić information content (AvgIpc) is 2.52. The molecule has 0 radical (unpaired) electrons. The molecule has 3 aromatic rings. The van der Waals surface area contributed by atoms with Gasteiger partial charge in [-0.05, 0) is 54.0 Å². The van der Waals surface area contributed by atoms with Gasteiger partial charge in [-0.3, -0.25) is 0 Å². The minimum atomic E-state index is 0.233. The first kappa shape index (κ1) is 13.9. The van der Waals surface area contributed by atoms with Gasteiger partial charge in [-0.25, -0.2) is 0 Å². The van der Waals surface area contributed by atoms with Gasteiger partial charge in [0.05, 0.1) is 11.2 Å². The van der Waals surface area contributed by atoms with Crippen molar-refractivity contribution in [1.29, 1.82) is 0 Å². The van der Waals surface area contributed by atoms with Crippen molar-refractivity contribution in [3.05, 3.63) is 54.1 Å². The summed E-state index contributed by atoms with van der Waals surface area (Å²) in [7, 11) is 0. The van der Waals surface area contributed by atoms with Crippen LogP contribution in [-0.2, 0) is 0 Å². The van der Waals surface area contributed by atoms with Gasteiger partial charge < -0.3 is 10.4 Å². The van der Waals surface area contributed by atoms with Crippen LogP contribution in [0.3, 0.4) is 0 Å². The van der Waals surface area contributed by atoms with E-state index in [1.165, 1.54) is 31.5 Å². The number of aromatic nitrogens is 2. The van der Waals surface area contributed by atoms with Crippen molar-refractivity contribution in [2.75, 3.05) is 13.1 Å². The lowest BCUT2D eigenvalue weighted by atomic mass is 9.57. The summed E-state index contributed by atoms with van der Waals surface area (Å²) in [6.07, 6.45) is 2.57. The van der Waals surface area contributed by atoms with Crippen molar-refractivity contribution in [2.24, 2.45) is 5.41 Å². The molecular formula is C20H19N3O. The molecule has 4 nitrogen and oxygen atoms in total. The Morgan fingerprint density at radius 1 is 1.00 bits per heavy atom. The molecule has 120 valence electrons. The van der Waals surface area contributed by atoms with E-state index in [4.69, 9.17) is 0 Å². The summed E-state index contributed by atoms with van der Waals surface area (Å²) in [6, 6.07) is 15.8. The number of phenols is 1. The highest BCUT2D eigenvalue weighted by Crippen LogP contribution is 2.53. The second kappa shape index (κ2) is 5.02. The molecule has 1 aliphatic carbocycles. The summed E-state index contributed by atoms with van der Waals surface area (Å²) in [5, 5.41) is 23.2. The Kier molecular flexibility index (Phi) is 2.91. The number of aromatic hydroxyl groups is 1. The number of para-hydroxylation sites is 1. The zero-order valence-electron chi connectivity index (χ0n) is 13.4. The largest absolute Gasteiger partial charge is 0.507 e. The van der Waals surface area contributed by atoms with Gasteiger partial charge in [0.15, 0.2) is 0 Å².